The first-order chi connectivity index (χ1) is 14.5. The molecule has 152 valence electrons. The third-order valence-corrected chi connectivity index (χ3v) is 5.59. The Hall–Kier alpha value is -3.74. The fourth-order valence-corrected chi connectivity index (χ4v) is 4.06. The Morgan fingerprint density at radius 1 is 0.967 bits per heavy atom. The number of amides is 2. The number of rotatable bonds is 3. The Labute approximate surface area is 173 Å². The molecule has 7 heteroatoms. The lowest BCUT2D eigenvalue weighted by Gasteiger charge is -2.34. The number of allylic oxidation sites excluding steroid dienone is 1. The molecule has 0 bridgehead atoms. The molecule has 0 aliphatic carbocycles. The van der Waals surface area contributed by atoms with E-state index < -0.39 is 0 Å². The Kier molecular flexibility index (Phi) is 4.95. The number of fused-ring (bicyclic) bond motifs is 3. The van der Waals surface area contributed by atoms with Gasteiger partial charge in [0.1, 0.15) is 6.29 Å². The summed E-state index contributed by atoms with van der Waals surface area (Å²) in [5, 5.41) is 1.29. The number of hydrogen-bond acceptors (Lipinski definition) is 4. The molecule has 0 atom stereocenters. The number of aldehydes is 1. The number of benzene rings is 2. The van der Waals surface area contributed by atoms with Crippen molar-refractivity contribution in [3.8, 4) is 0 Å². The van der Waals surface area contributed by atoms with Gasteiger partial charge in [0.2, 0.25) is 5.91 Å². The van der Waals surface area contributed by atoms with Gasteiger partial charge in [0, 0.05) is 55.0 Å². The van der Waals surface area contributed by atoms with Gasteiger partial charge in [-0.05, 0) is 36.4 Å². The number of nitrogens with zero attached hydrogens (tertiary/aromatic N) is 3. The van der Waals surface area contributed by atoms with Crippen molar-refractivity contribution in [3.05, 3.63) is 60.2 Å². The van der Waals surface area contributed by atoms with E-state index in [4.69, 9.17) is 0 Å². The standard InChI is InChI=1S/C23H21N3O4/c1-3-21(29)26-19-8-7-16(14-27)13-18(19)22-17(5-4-6-20(22)26)23(30)25-11-9-24(10-12-25)15(2)28/h3-8,13-14H,1,9-12H2,2H3. The molecule has 4 rings (SSSR count). The number of carbonyl (C=O) groups is 4. The largest absolute Gasteiger partial charge is 0.339 e. The van der Waals surface area contributed by atoms with Gasteiger partial charge in [0.25, 0.3) is 11.8 Å². The Morgan fingerprint density at radius 3 is 2.30 bits per heavy atom. The summed E-state index contributed by atoms with van der Waals surface area (Å²) in [6, 6.07) is 10.3. The highest BCUT2D eigenvalue weighted by Gasteiger charge is 2.26. The summed E-state index contributed by atoms with van der Waals surface area (Å²) in [5.74, 6) is -0.476. The van der Waals surface area contributed by atoms with Crippen LogP contribution in [0.1, 0.15) is 32.4 Å². The summed E-state index contributed by atoms with van der Waals surface area (Å²) in [4.78, 5) is 52.3. The van der Waals surface area contributed by atoms with E-state index in [1.807, 2.05) is 0 Å². The van der Waals surface area contributed by atoms with Crippen LogP contribution in [-0.2, 0) is 4.79 Å². The molecular weight excluding hydrogens is 382 g/mol. The van der Waals surface area contributed by atoms with Gasteiger partial charge in [-0.15, -0.1) is 0 Å². The van der Waals surface area contributed by atoms with Crippen LogP contribution in [-0.4, -0.2) is 64.6 Å². The second-order valence-electron chi connectivity index (χ2n) is 7.27. The van der Waals surface area contributed by atoms with Crippen LogP contribution in [0.4, 0.5) is 0 Å². The maximum atomic E-state index is 13.4. The second kappa shape index (κ2) is 7.59. The summed E-state index contributed by atoms with van der Waals surface area (Å²) in [7, 11) is 0. The molecule has 1 saturated heterocycles. The zero-order valence-corrected chi connectivity index (χ0v) is 16.6. The quantitative estimate of drug-likeness (QED) is 0.498. The van der Waals surface area contributed by atoms with Crippen molar-refractivity contribution in [2.24, 2.45) is 0 Å². The lowest BCUT2D eigenvalue weighted by molar-refractivity contribution is -0.130. The minimum atomic E-state index is -0.312. The first-order valence-electron chi connectivity index (χ1n) is 9.70. The van der Waals surface area contributed by atoms with E-state index in [0.29, 0.717) is 59.1 Å². The Morgan fingerprint density at radius 2 is 1.67 bits per heavy atom. The van der Waals surface area contributed by atoms with Crippen molar-refractivity contribution >= 4 is 45.8 Å². The zero-order valence-electron chi connectivity index (χ0n) is 16.6. The summed E-state index contributed by atoms with van der Waals surface area (Å²) in [5.41, 5.74) is 2.13. The van der Waals surface area contributed by atoms with Crippen LogP contribution in [0.15, 0.2) is 49.1 Å². The van der Waals surface area contributed by atoms with Gasteiger partial charge in [-0.3, -0.25) is 23.7 Å². The van der Waals surface area contributed by atoms with Gasteiger partial charge >= 0.3 is 0 Å². The smallest absolute Gasteiger partial charge is 0.254 e. The number of carbonyl (C=O) groups excluding carboxylic acids is 4. The SMILES string of the molecule is C=CC(=O)n1c2ccc(C=O)cc2c2c(C(=O)N3CCN(C(C)=O)CC3)cccc21. The van der Waals surface area contributed by atoms with Crippen LogP contribution >= 0.6 is 0 Å². The first kappa shape index (κ1) is 19.6. The summed E-state index contributed by atoms with van der Waals surface area (Å²) in [6.07, 6.45) is 1.96. The van der Waals surface area contributed by atoms with Gasteiger partial charge in [-0.25, -0.2) is 0 Å². The summed E-state index contributed by atoms with van der Waals surface area (Å²) in [6.45, 7) is 6.97. The Bertz CT molecular complexity index is 1220. The van der Waals surface area contributed by atoms with Crippen molar-refractivity contribution in [2.45, 2.75) is 6.92 Å². The van der Waals surface area contributed by atoms with E-state index in [-0.39, 0.29) is 17.7 Å². The molecule has 0 N–H and O–H groups in total. The van der Waals surface area contributed by atoms with Gasteiger partial charge in [-0.1, -0.05) is 12.6 Å². The van der Waals surface area contributed by atoms with E-state index in [2.05, 4.69) is 6.58 Å². The maximum absolute atomic E-state index is 13.4. The number of hydrogen-bond donors (Lipinski definition) is 0. The number of aromatic nitrogens is 1. The molecule has 1 aromatic heterocycles. The van der Waals surface area contributed by atoms with E-state index in [0.717, 1.165) is 6.29 Å². The van der Waals surface area contributed by atoms with Gasteiger partial charge in [-0.2, -0.15) is 0 Å². The second-order valence-corrected chi connectivity index (χ2v) is 7.27. The molecule has 2 aromatic carbocycles. The lowest BCUT2D eigenvalue weighted by atomic mass is 10.0. The molecule has 0 radical (unpaired) electrons. The van der Waals surface area contributed by atoms with Crippen LogP contribution < -0.4 is 0 Å². The average molecular weight is 403 g/mol. The molecule has 3 aromatic rings. The van der Waals surface area contributed by atoms with Crippen molar-refractivity contribution in [1.82, 2.24) is 14.4 Å². The van der Waals surface area contributed by atoms with Crippen LogP contribution in [0.5, 0.6) is 0 Å². The van der Waals surface area contributed by atoms with E-state index in [1.54, 1.807) is 46.2 Å². The molecule has 2 amide bonds. The topological polar surface area (TPSA) is 79.7 Å². The molecule has 0 saturated carbocycles. The molecule has 0 spiro atoms. The summed E-state index contributed by atoms with van der Waals surface area (Å²) >= 11 is 0. The summed E-state index contributed by atoms with van der Waals surface area (Å²) < 4.78 is 1.51. The molecule has 0 unspecified atom stereocenters. The van der Waals surface area contributed by atoms with Crippen molar-refractivity contribution < 1.29 is 19.2 Å². The maximum Gasteiger partial charge on any atom is 0.254 e. The molecule has 1 fully saturated rings. The molecule has 1 aliphatic heterocycles. The van der Waals surface area contributed by atoms with Crippen molar-refractivity contribution in [3.63, 3.8) is 0 Å². The average Bonchev–Trinajstić information content (AvgIpc) is 3.11. The molecule has 30 heavy (non-hydrogen) atoms. The Balaban J connectivity index is 1.88. The molecule has 1 aliphatic rings. The predicted octanol–water partition coefficient (Wildman–Crippen LogP) is 2.74. The highest BCUT2D eigenvalue weighted by Crippen LogP contribution is 2.33. The fraction of sp³-hybridized carbons (Fsp3) is 0.217. The third-order valence-electron chi connectivity index (χ3n) is 5.59. The van der Waals surface area contributed by atoms with Gasteiger partial charge in [0.15, 0.2) is 0 Å². The minimum Gasteiger partial charge on any atom is -0.339 e. The van der Waals surface area contributed by atoms with Crippen molar-refractivity contribution in [2.75, 3.05) is 26.2 Å². The third kappa shape index (κ3) is 3.08. The van der Waals surface area contributed by atoms with Crippen LogP contribution in [0.3, 0.4) is 0 Å². The van der Waals surface area contributed by atoms with E-state index in [9.17, 15) is 19.2 Å². The van der Waals surface area contributed by atoms with Crippen LogP contribution in [0.25, 0.3) is 21.8 Å². The van der Waals surface area contributed by atoms with Gasteiger partial charge < -0.3 is 9.80 Å². The van der Waals surface area contributed by atoms with Gasteiger partial charge in [0.05, 0.1) is 11.0 Å². The lowest BCUT2D eigenvalue weighted by Crippen LogP contribution is -2.50. The highest BCUT2D eigenvalue weighted by molar-refractivity contribution is 6.22. The first-order valence-corrected chi connectivity index (χ1v) is 9.70. The minimum absolute atomic E-state index is 0.00315. The van der Waals surface area contributed by atoms with Crippen molar-refractivity contribution in [1.29, 1.82) is 0 Å². The zero-order chi connectivity index (χ0) is 21.4. The van der Waals surface area contributed by atoms with Crippen LogP contribution in [0.2, 0.25) is 0 Å². The normalized spacial score (nSPS) is 14.2. The molecular formula is C23H21N3O4. The number of piperazine rings is 1. The molecule has 7 nitrogen and oxygen atoms in total. The fourth-order valence-electron chi connectivity index (χ4n) is 4.06. The monoisotopic (exact) mass is 403 g/mol. The van der Waals surface area contributed by atoms with Crippen LogP contribution in [0, 0.1) is 0 Å². The predicted molar refractivity (Wildman–Crippen MR) is 114 cm³/mol. The van der Waals surface area contributed by atoms with E-state index >= 15 is 0 Å². The van der Waals surface area contributed by atoms with E-state index in [1.165, 1.54) is 17.6 Å². The molecule has 2 heterocycles. The highest BCUT2D eigenvalue weighted by atomic mass is 16.2.